The zero-order chi connectivity index (χ0) is 22.5. The summed E-state index contributed by atoms with van der Waals surface area (Å²) in [6.07, 6.45) is 6.14. The Kier molecular flexibility index (Phi) is 6.71. The number of hydrogen-bond acceptors (Lipinski definition) is 4. The van der Waals surface area contributed by atoms with Crippen LogP contribution in [0, 0.1) is 13.8 Å². The van der Waals surface area contributed by atoms with E-state index in [0.717, 1.165) is 54.8 Å². The summed E-state index contributed by atoms with van der Waals surface area (Å²) in [4.78, 5) is 11.2. The molecule has 0 fully saturated rings. The molecular formula is C26H29N3O3. The van der Waals surface area contributed by atoms with E-state index >= 15 is 0 Å². The van der Waals surface area contributed by atoms with Crippen LogP contribution in [-0.2, 0) is 17.8 Å². The maximum atomic E-state index is 11.2. The summed E-state index contributed by atoms with van der Waals surface area (Å²) in [5, 5.41) is 14.0. The first-order chi connectivity index (χ1) is 15.6. The van der Waals surface area contributed by atoms with Gasteiger partial charge in [0.15, 0.2) is 0 Å². The SMILES string of the molecule is Cc1noc(C)c1-c1ccc2c(c1)c(Cc1ccccc1)cn2CCCCCC(=O)NO. The van der Waals surface area contributed by atoms with Crippen LogP contribution < -0.4 is 5.48 Å². The van der Waals surface area contributed by atoms with Gasteiger partial charge in [0, 0.05) is 35.6 Å². The van der Waals surface area contributed by atoms with Gasteiger partial charge in [-0.05, 0) is 61.9 Å². The Bertz CT molecular complexity index is 1190. The lowest BCUT2D eigenvalue weighted by Gasteiger charge is -2.07. The van der Waals surface area contributed by atoms with Crippen molar-refractivity contribution in [3.63, 3.8) is 0 Å². The number of benzene rings is 2. The third kappa shape index (κ3) is 4.75. The van der Waals surface area contributed by atoms with E-state index in [4.69, 9.17) is 9.73 Å². The minimum Gasteiger partial charge on any atom is -0.361 e. The summed E-state index contributed by atoms with van der Waals surface area (Å²) in [5.41, 5.74) is 8.56. The molecule has 0 saturated carbocycles. The number of unbranched alkanes of at least 4 members (excludes halogenated alkanes) is 2. The number of carbonyl (C=O) groups is 1. The van der Waals surface area contributed by atoms with Crippen molar-refractivity contribution in [1.29, 1.82) is 0 Å². The summed E-state index contributed by atoms with van der Waals surface area (Å²) >= 11 is 0. The van der Waals surface area contributed by atoms with Gasteiger partial charge in [0.2, 0.25) is 5.91 Å². The molecular weight excluding hydrogens is 402 g/mol. The highest BCUT2D eigenvalue weighted by Gasteiger charge is 2.15. The minimum atomic E-state index is -0.326. The fourth-order valence-corrected chi connectivity index (χ4v) is 4.36. The average molecular weight is 432 g/mol. The molecule has 2 aromatic carbocycles. The zero-order valence-electron chi connectivity index (χ0n) is 18.6. The Balaban J connectivity index is 1.63. The van der Waals surface area contributed by atoms with E-state index in [1.165, 1.54) is 22.0 Å². The average Bonchev–Trinajstić information content (AvgIpc) is 3.32. The largest absolute Gasteiger partial charge is 0.361 e. The number of hydroxylamine groups is 1. The van der Waals surface area contributed by atoms with Crippen molar-refractivity contribution in [3.05, 3.63) is 77.3 Å². The second-order valence-corrected chi connectivity index (χ2v) is 8.29. The Labute approximate surface area is 187 Å². The molecule has 0 aliphatic carbocycles. The summed E-state index contributed by atoms with van der Waals surface area (Å²) in [5.74, 6) is 0.506. The van der Waals surface area contributed by atoms with E-state index in [-0.39, 0.29) is 5.91 Å². The van der Waals surface area contributed by atoms with Gasteiger partial charge in [-0.2, -0.15) is 0 Å². The molecule has 0 aliphatic rings. The van der Waals surface area contributed by atoms with Gasteiger partial charge in [0.05, 0.1) is 5.69 Å². The number of hydrogen-bond donors (Lipinski definition) is 2. The number of fused-ring (bicyclic) bond motifs is 1. The van der Waals surface area contributed by atoms with Crippen LogP contribution in [0.25, 0.3) is 22.0 Å². The third-order valence-corrected chi connectivity index (χ3v) is 5.95. The predicted molar refractivity (Wildman–Crippen MR) is 125 cm³/mol. The Morgan fingerprint density at radius 1 is 1.09 bits per heavy atom. The number of aromatic nitrogens is 2. The van der Waals surface area contributed by atoms with Crippen LogP contribution in [0.2, 0.25) is 0 Å². The molecule has 2 aromatic heterocycles. The molecule has 2 N–H and O–H groups in total. The smallest absolute Gasteiger partial charge is 0.243 e. The van der Waals surface area contributed by atoms with Gasteiger partial charge >= 0.3 is 0 Å². The van der Waals surface area contributed by atoms with Gasteiger partial charge in [-0.3, -0.25) is 10.0 Å². The van der Waals surface area contributed by atoms with E-state index in [2.05, 4.69) is 58.4 Å². The van der Waals surface area contributed by atoms with Crippen LogP contribution >= 0.6 is 0 Å². The Morgan fingerprint density at radius 2 is 1.91 bits per heavy atom. The Morgan fingerprint density at radius 3 is 2.62 bits per heavy atom. The molecule has 6 nitrogen and oxygen atoms in total. The van der Waals surface area contributed by atoms with Crippen molar-refractivity contribution in [1.82, 2.24) is 15.2 Å². The maximum absolute atomic E-state index is 11.2. The van der Waals surface area contributed by atoms with Crippen LogP contribution in [0.5, 0.6) is 0 Å². The Hall–Kier alpha value is -3.38. The molecule has 0 atom stereocenters. The van der Waals surface area contributed by atoms with Crippen LogP contribution in [0.4, 0.5) is 0 Å². The molecule has 0 bridgehead atoms. The first kappa shape index (κ1) is 21.8. The van der Waals surface area contributed by atoms with Gasteiger partial charge in [-0.15, -0.1) is 0 Å². The molecule has 0 aliphatic heterocycles. The standard InChI is InChI=1S/C26H29N3O3/c1-18-26(19(2)32-28-18)21-12-13-24-23(16-21)22(15-20-9-5-3-6-10-20)17-29(24)14-8-4-7-11-25(30)27-31/h3,5-6,9-10,12-13,16-17,31H,4,7-8,11,14-15H2,1-2H3,(H,27,30). The van der Waals surface area contributed by atoms with Crippen molar-refractivity contribution in [3.8, 4) is 11.1 Å². The first-order valence-corrected chi connectivity index (χ1v) is 11.1. The predicted octanol–water partition coefficient (Wildman–Crippen LogP) is 5.57. The van der Waals surface area contributed by atoms with Crippen molar-refractivity contribution < 1.29 is 14.5 Å². The molecule has 2 heterocycles. The quantitative estimate of drug-likeness (QED) is 0.206. The number of aryl methyl sites for hydroxylation is 3. The van der Waals surface area contributed by atoms with Gasteiger partial charge in [0.1, 0.15) is 5.76 Å². The second-order valence-electron chi connectivity index (χ2n) is 8.29. The molecule has 6 heteroatoms. The second kappa shape index (κ2) is 9.83. The van der Waals surface area contributed by atoms with Crippen molar-refractivity contribution >= 4 is 16.8 Å². The summed E-state index contributed by atoms with van der Waals surface area (Å²) < 4.78 is 7.71. The van der Waals surface area contributed by atoms with Crippen LogP contribution in [-0.4, -0.2) is 20.8 Å². The van der Waals surface area contributed by atoms with Gasteiger partial charge in [-0.1, -0.05) is 48.0 Å². The van der Waals surface area contributed by atoms with Crippen LogP contribution in [0.15, 0.2) is 59.3 Å². The molecule has 0 saturated heterocycles. The highest BCUT2D eigenvalue weighted by molar-refractivity contribution is 5.89. The monoisotopic (exact) mass is 431 g/mol. The molecule has 0 spiro atoms. The van der Waals surface area contributed by atoms with Gasteiger partial charge in [-0.25, -0.2) is 5.48 Å². The van der Waals surface area contributed by atoms with Crippen LogP contribution in [0.1, 0.15) is 48.3 Å². The fourth-order valence-electron chi connectivity index (χ4n) is 4.36. The normalized spacial score (nSPS) is 11.2. The lowest BCUT2D eigenvalue weighted by molar-refractivity contribution is -0.129. The number of rotatable bonds is 9. The summed E-state index contributed by atoms with van der Waals surface area (Å²) in [7, 11) is 0. The maximum Gasteiger partial charge on any atom is 0.243 e. The zero-order valence-corrected chi connectivity index (χ0v) is 18.6. The van der Waals surface area contributed by atoms with E-state index in [1.54, 1.807) is 5.48 Å². The molecule has 4 aromatic rings. The molecule has 4 rings (SSSR count). The highest BCUT2D eigenvalue weighted by Crippen LogP contribution is 2.32. The molecule has 0 radical (unpaired) electrons. The van der Waals surface area contributed by atoms with E-state index in [9.17, 15) is 4.79 Å². The van der Waals surface area contributed by atoms with Gasteiger partial charge in [0.25, 0.3) is 0 Å². The highest BCUT2D eigenvalue weighted by atomic mass is 16.5. The molecule has 1 amide bonds. The fraction of sp³-hybridized carbons (Fsp3) is 0.308. The van der Waals surface area contributed by atoms with Crippen molar-refractivity contribution in [2.45, 2.75) is 52.5 Å². The van der Waals surface area contributed by atoms with E-state index < -0.39 is 0 Å². The van der Waals surface area contributed by atoms with Crippen molar-refractivity contribution in [2.75, 3.05) is 0 Å². The van der Waals surface area contributed by atoms with Gasteiger partial charge < -0.3 is 9.09 Å². The topological polar surface area (TPSA) is 80.3 Å². The molecule has 32 heavy (non-hydrogen) atoms. The first-order valence-electron chi connectivity index (χ1n) is 11.1. The van der Waals surface area contributed by atoms with E-state index in [0.29, 0.717) is 6.42 Å². The van der Waals surface area contributed by atoms with Crippen molar-refractivity contribution in [2.24, 2.45) is 0 Å². The summed E-state index contributed by atoms with van der Waals surface area (Å²) in [6.45, 7) is 4.81. The third-order valence-electron chi connectivity index (χ3n) is 5.95. The molecule has 166 valence electrons. The number of carbonyl (C=O) groups excluding carboxylic acids is 1. The van der Waals surface area contributed by atoms with E-state index in [1.807, 2.05) is 19.9 Å². The lowest BCUT2D eigenvalue weighted by Crippen LogP contribution is -2.17. The minimum absolute atomic E-state index is 0.326. The number of nitrogens with zero attached hydrogens (tertiary/aromatic N) is 2. The molecule has 0 unspecified atom stereocenters. The number of amides is 1. The summed E-state index contributed by atoms with van der Waals surface area (Å²) in [6, 6.07) is 17.1. The number of nitrogens with one attached hydrogen (secondary N) is 1. The van der Waals surface area contributed by atoms with Crippen LogP contribution in [0.3, 0.4) is 0 Å². The lowest BCUT2D eigenvalue weighted by atomic mass is 9.99.